The molecule has 1 fully saturated rings. The fourth-order valence-electron chi connectivity index (χ4n) is 3.85. The van der Waals surface area contributed by atoms with E-state index in [1.807, 2.05) is 34.9 Å². The van der Waals surface area contributed by atoms with Crippen molar-refractivity contribution in [2.24, 2.45) is 0 Å². The van der Waals surface area contributed by atoms with Crippen LogP contribution in [0.25, 0.3) is 22.2 Å². The van der Waals surface area contributed by atoms with Gasteiger partial charge in [0.05, 0.1) is 35.3 Å². The molecule has 29 heavy (non-hydrogen) atoms. The minimum absolute atomic E-state index is 0.178. The lowest BCUT2D eigenvalue weighted by molar-refractivity contribution is 0.136. The van der Waals surface area contributed by atoms with Gasteiger partial charge in [-0.1, -0.05) is 12.1 Å². The third-order valence-corrected chi connectivity index (χ3v) is 7.04. The molecule has 0 atom stereocenters. The second-order valence-corrected chi connectivity index (χ2v) is 8.87. The van der Waals surface area contributed by atoms with E-state index < -0.39 is 10.0 Å². The van der Waals surface area contributed by atoms with Crippen LogP contribution in [-0.4, -0.2) is 39.5 Å². The van der Waals surface area contributed by atoms with Crippen molar-refractivity contribution in [3.05, 3.63) is 48.0 Å². The van der Waals surface area contributed by atoms with E-state index in [9.17, 15) is 13.7 Å². The number of hydrogen-bond donors (Lipinski definition) is 0. The Kier molecular flexibility index (Phi) is 4.94. The largest absolute Gasteiger partial charge is 0.497 e. The Hall–Kier alpha value is -3.02. The van der Waals surface area contributed by atoms with Crippen LogP contribution in [0.3, 0.4) is 0 Å². The summed E-state index contributed by atoms with van der Waals surface area (Å²) in [5.74, 6) is 0.870. The highest BCUT2D eigenvalue weighted by atomic mass is 32.2. The maximum Gasteiger partial charge on any atom is 0.235 e. The van der Waals surface area contributed by atoms with Crippen molar-refractivity contribution in [1.29, 1.82) is 5.26 Å². The molecule has 0 amide bonds. The minimum Gasteiger partial charge on any atom is -0.497 e. The van der Waals surface area contributed by atoms with Gasteiger partial charge in [-0.05, 0) is 36.2 Å². The topological polar surface area (TPSA) is 84.6 Å². The predicted octanol–water partition coefficient (Wildman–Crippen LogP) is 3.33. The van der Waals surface area contributed by atoms with E-state index in [-0.39, 0.29) is 12.5 Å². The first kappa shape index (κ1) is 19.3. The second-order valence-electron chi connectivity index (χ2n) is 6.85. The summed E-state index contributed by atoms with van der Waals surface area (Å²) in [6.45, 7) is 0.762. The molecule has 2 heterocycles. The van der Waals surface area contributed by atoms with Crippen LogP contribution >= 0.6 is 0 Å². The third kappa shape index (κ3) is 3.22. The normalized spacial score (nSPS) is 15.6. The Morgan fingerprint density at radius 3 is 2.48 bits per heavy atom. The second kappa shape index (κ2) is 7.43. The molecule has 0 saturated carbocycles. The third-order valence-electron chi connectivity index (χ3n) is 5.17. The van der Waals surface area contributed by atoms with Gasteiger partial charge >= 0.3 is 0 Å². The number of rotatable bonds is 5. The molecule has 0 N–H and O–H groups in total. The van der Waals surface area contributed by atoms with Crippen molar-refractivity contribution in [2.45, 2.75) is 13.2 Å². The molecule has 1 aromatic heterocycles. The summed E-state index contributed by atoms with van der Waals surface area (Å²) in [7, 11) is -0.0340. The summed E-state index contributed by atoms with van der Waals surface area (Å²) >= 11 is 0. The van der Waals surface area contributed by atoms with E-state index in [1.165, 1.54) is 4.31 Å². The average molecular weight is 411 g/mol. The summed E-state index contributed by atoms with van der Waals surface area (Å²) in [5.41, 5.74) is 3.56. The van der Waals surface area contributed by atoms with Crippen molar-refractivity contribution in [1.82, 2.24) is 4.57 Å². The van der Waals surface area contributed by atoms with E-state index in [2.05, 4.69) is 6.07 Å². The number of aromatic nitrogens is 1. The molecule has 3 aromatic rings. The van der Waals surface area contributed by atoms with Gasteiger partial charge in [0.1, 0.15) is 18.5 Å². The number of methoxy groups -OCH3 is 2. The summed E-state index contributed by atoms with van der Waals surface area (Å²) in [6.07, 6.45) is 0.632. The number of hydrogen-bond acceptors (Lipinski definition) is 5. The monoisotopic (exact) mass is 411 g/mol. The molecule has 1 saturated heterocycles. The Morgan fingerprint density at radius 2 is 1.90 bits per heavy atom. The van der Waals surface area contributed by atoms with Crippen molar-refractivity contribution >= 4 is 26.6 Å². The molecule has 2 aromatic carbocycles. The van der Waals surface area contributed by atoms with E-state index in [1.54, 1.807) is 26.4 Å². The van der Waals surface area contributed by atoms with Crippen LogP contribution in [0.5, 0.6) is 5.75 Å². The summed E-state index contributed by atoms with van der Waals surface area (Å²) in [4.78, 5) is 0. The maximum absolute atomic E-state index is 12.2. The van der Waals surface area contributed by atoms with Gasteiger partial charge in [0.15, 0.2) is 0 Å². The van der Waals surface area contributed by atoms with Gasteiger partial charge in [0, 0.05) is 25.1 Å². The number of benzene rings is 2. The van der Waals surface area contributed by atoms with Gasteiger partial charge in [0.2, 0.25) is 10.0 Å². The molecule has 150 valence electrons. The van der Waals surface area contributed by atoms with Crippen LogP contribution in [0.2, 0.25) is 0 Å². The van der Waals surface area contributed by atoms with E-state index in [4.69, 9.17) is 9.47 Å². The molecule has 0 spiro atoms. The number of fused-ring (bicyclic) bond motifs is 1. The molecule has 0 bridgehead atoms. The summed E-state index contributed by atoms with van der Waals surface area (Å²) < 4.78 is 38.5. The zero-order chi connectivity index (χ0) is 20.6. The Morgan fingerprint density at radius 1 is 1.14 bits per heavy atom. The van der Waals surface area contributed by atoms with E-state index in [0.29, 0.717) is 30.0 Å². The number of nitriles is 1. The highest BCUT2D eigenvalue weighted by molar-refractivity contribution is 7.93. The predicted molar refractivity (Wildman–Crippen MR) is 111 cm³/mol. The average Bonchev–Trinajstić information content (AvgIpc) is 3.24. The molecular formula is C21H21N3O4S. The Labute approximate surface area is 169 Å². The molecule has 4 rings (SSSR count). The number of nitrogens with zero attached hydrogens (tertiary/aromatic N) is 3. The fourth-order valence-corrected chi connectivity index (χ4v) is 5.41. The van der Waals surface area contributed by atoms with E-state index >= 15 is 0 Å². The molecule has 0 aliphatic carbocycles. The lowest BCUT2D eigenvalue weighted by atomic mass is 10.1. The fraction of sp³-hybridized carbons (Fsp3) is 0.286. The van der Waals surface area contributed by atoms with Gasteiger partial charge in [-0.2, -0.15) is 5.26 Å². The number of ether oxygens (including phenoxy) is 2. The summed E-state index contributed by atoms with van der Waals surface area (Å²) in [5, 5.41) is 10.7. The molecule has 1 aliphatic rings. The maximum atomic E-state index is 12.2. The van der Waals surface area contributed by atoms with Crippen LogP contribution in [-0.2, 0) is 21.5 Å². The molecule has 7 nitrogen and oxygen atoms in total. The minimum atomic E-state index is -3.23. The van der Waals surface area contributed by atoms with Crippen LogP contribution in [0.4, 0.5) is 5.69 Å². The van der Waals surface area contributed by atoms with Crippen LogP contribution in [0, 0.1) is 11.3 Å². The van der Waals surface area contributed by atoms with Crippen LogP contribution in [0.15, 0.2) is 42.5 Å². The molecule has 0 unspecified atom stereocenters. The van der Waals surface area contributed by atoms with Crippen LogP contribution in [0.1, 0.15) is 12.0 Å². The summed E-state index contributed by atoms with van der Waals surface area (Å²) in [6, 6.07) is 15.2. The quantitative estimate of drug-likeness (QED) is 0.643. The number of anilines is 1. The van der Waals surface area contributed by atoms with Crippen molar-refractivity contribution in [3.63, 3.8) is 0 Å². The highest BCUT2D eigenvalue weighted by Crippen LogP contribution is 2.36. The first-order valence-electron chi connectivity index (χ1n) is 9.20. The van der Waals surface area contributed by atoms with Gasteiger partial charge in [0.25, 0.3) is 0 Å². The lowest BCUT2D eigenvalue weighted by Gasteiger charge is -2.17. The first-order valence-corrected chi connectivity index (χ1v) is 10.8. The van der Waals surface area contributed by atoms with E-state index in [0.717, 1.165) is 22.2 Å². The SMILES string of the molecule is COCn1c(-c2ccc(N3CCCS3(=O)=O)cc2)c(C#N)c2ccc(OC)cc21. The Bertz CT molecular complexity index is 1210. The van der Waals surface area contributed by atoms with Crippen molar-refractivity contribution in [2.75, 3.05) is 30.8 Å². The zero-order valence-electron chi connectivity index (χ0n) is 16.3. The molecule has 1 aliphatic heterocycles. The van der Waals surface area contributed by atoms with Gasteiger partial charge in [-0.25, -0.2) is 8.42 Å². The van der Waals surface area contributed by atoms with Gasteiger partial charge < -0.3 is 14.0 Å². The molecule has 8 heteroatoms. The van der Waals surface area contributed by atoms with Crippen molar-refractivity contribution < 1.29 is 17.9 Å². The van der Waals surface area contributed by atoms with Gasteiger partial charge in [-0.15, -0.1) is 0 Å². The van der Waals surface area contributed by atoms with Gasteiger partial charge in [-0.3, -0.25) is 4.31 Å². The Balaban J connectivity index is 1.87. The lowest BCUT2D eigenvalue weighted by Crippen LogP contribution is -2.24. The zero-order valence-corrected chi connectivity index (χ0v) is 17.1. The van der Waals surface area contributed by atoms with Crippen molar-refractivity contribution in [3.8, 4) is 23.1 Å². The molecule has 0 radical (unpaired) electrons. The first-order chi connectivity index (χ1) is 14.0. The molecular weight excluding hydrogens is 390 g/mol. The van der Waals surface area contributed by atoms with Crippen LogP contribution < -0.4 is 9.04 Å². The number of sulfonamides is 1. The highest BCUT2D eigenvalue weighted by Gasteiger charge is 2.28. The smallest absolute Gasteiger partial charge is 0.235 e. The standard InChI is InChI=1S/C21H21N3O4S/c1-27-14-23-20-12-17(28-2)8-9-18(20)19(13-22)21(23)15-4-6-16(7-5-15)24-10-3-11-29(24,25)26/h4-9,12H,3,10-11,14H2,1-2H3.